The molecule has 2 aromatic rings. The summed E-state index contributed by atoms with van der Waals surface area (Å²) in [6.45, 7) is 1.20. The highest BCUT2D eigenvalue weighted by molar-refractivity contribution is 7.99. The van der Waals surface area contributed by atoms with Gasteiger partial charge in [-0.05, 0) is 24.6 Å². The fourth-order valence-corrected chi connectivity index (χ4v) is 4.82. The van der Waals surface area contributed by atoms with Crippen LogP contribution in [0.15, 0.2) is 65.6 Å². The molecule has 2 aromatic carbocycles. The van der Waals surface area contributed by atoms with Crippen molar-refractivity contribution in [3.63, 3.8) is 0 Å². The lowest BCUT2D eigenvalue weighted by Gasteiger charge is -2.25. The number of hydrogen-bond donors (Lipinski definition) is 1. The van der Waals surface area contributed by atoms with Crippen LogP contribution < -0.4 is 4.72 Å². The van der Waals surface area contributed by atoms with Gasteiger partial charge in [0.1, 0.15) is 6.61 Å². The van der Waals surface area contributed by atoms with Gasteiger partial charge in [0.05, 0.1) is 5.25 Å². The molecular weight excluding hydrogens is 437 g/mol. The van der Waals surface area contributed by atoms with Crippen molar-refractivity contribution < 1.29 is 12.6 Å². The molecule has 1 N–H and O–H groups in total. The van der Waals surface area contributed by atoms with E-state index in [-0.39, 0.29) is 5.25 Å². The number of halogens is 3. The Morgan fingerprint density at radius 2 is 1.58 bits per heavy atom. The van der Waals surface area contributed by atoms with E-state index in [4.69, 9.17) is 39.0 Å². The maximum absolute atomic E-state index is 12.2. The van der Waals surface area contributed by atoms with E-state index >= 15 is 0 Å². The van der Waals surface area contributed by atoms with E-state index in [0.29, 0.717) is 0 Å². The second kappa shape index (κ2) is 9.64. The molecule has 0 aliphatic carbocycles. The molecule has 0 heterocycles. The summed E-state index contributed by atoms with van der Waals surface area (Å²) < 4.78 is 29.8. The summed E-state index contributed by atoms with van der Waals surface area (Å²) in [5.74, 6) is 0. The first-order chi connectivity index (χ1) is 12.2. The zero-order chi connectivity index (χ0) is 19.2. The van der Waals surface area contributed by atoms with E-state index in [1.807, 2.05) is 60.7 Å². The third kappa shape index (κ3) is 7.64. The maximum Gasteiger partial charge on any atom is 0.336 e. The second-order valence-electron chi connectivity index (χ2n) is 5.50. The largest absolute Gasteiger partial charge is 0.336 e. The highest BCUT2D eigenvalue weighted by atomic mass is 35.6. The lowest BCUT2D eigenvalue weighted by molar-refractivity contribution is 0.314. The Labute approximate surface area is 173 Å². The van der Waals surface area contributed by atoms with E-state index in [1.165, 1.54) is 0 Å². The SMILES string of the molecule is CC(NS(=O)(=O)OCC(Cl)(Cl)Cl)C(Sc1ccccc1)c1ccccc1. The van der Waals surface area contributed by atoms with Crippen LogP contribution in [0.2, 0.25) is 0 Å². The van der Waals surface area contributed by atoms with E-state index in [9.17, 15) is 8.42 Å². The number of benzene rings is 2. The summed E-state index contributed by atoms with van der Waals surface area (Å²) in [5.41, 5.74) is 0.984. The summed E-state index contributed by atoms with van der Waals surface area (Å²) in [6, 6.07) is 18.9. The third-order valence-corrected chi connectivity index (χ3v) is 6.19. The maximum atomic E-state index is 12.2. The van der Waals surface area contributed by atoms with Gasteiger partial charge in [0.15, 0.2) is 0 Å². The van der Waals surface area contributed by atoms with E-state index in [1.54, 1.807) is 18.7 Å². The molecule has 4 nitrogen and oxygen atoms in total. The normalized spacial score (nSPS) is 14.8. The summed E-state index contributed by atoms with van der Waals surface area (Å²) in [6.07, 6.45) is 0. The van der Waals surface area contributed by atoms with Crippen molar-refractivity contribution >= 4 is 56.9 Å². The molecule has 26 heavy (non-hydrogen) atoms. The second-order valence-corrected chi connectivity index (χ2v) is 10.6. The highest BCUT2D eigenvalue weighted by Crippen LogP contribution is 2.38. The molecule has 0 aliphatic rings. The van der Waals surface area contributed by atoms with Crippen LogP contribution in [0, 0.1) is 0 Å². The molecule has 142 valence electrons. The quantitative estimate of drug-likeness (QED) is 0.444. The first kappa shape index (κ1) is 21.8. The minimum atomic E-state index is -4.08. The van der Waals surface area contributed by atoms with Gasteiger partial charge in [-0.15, -0.1) is 11.8 Å². The molecule has 0 fully saturated rings. The summed E-state index contributed by atoms with van der Waals surface area (Å²) in [4.78, 5) is 1.02. The molecule has 9 heteroatoms. The standard InChI is InChI=1S/C17H18Cl3NO3S2/c1-13(21-26(22,23)24-12-17(18,19)20)16(14-8-4-2-5-9-14)25-15-10-6-3-7-11-15/h2-11,13,16,21H,12H2,1H3. The van der Waals surface area contributed by atoms with Gasteiger partial charge in [0, 0.05) is 10.9 Å². The van der Waals surface area contributed by atoms with Crippen LogP contribution in [-0.2, 0) is 14.5 Å². The van der Waals surface area contributed by atoms with Crippen molar-refractivity contribution in [2.24, 2.45) is 0 Å². The molecule has 0 aliphatic heterocycles. The van der Waals surface area contributed by atoms with Gasteiger partial charge in [-0.2, -0.15) is 13.1 Å². The van der Waals surface area contributed by atoms with Gasteiger partial charge >= 0.3 is 10.3 Å². The van der Waals surface area contributed by atoms with Crippen LogP contribution in [0.3, 0.4) is 0 Å². The van der Waals surface area contributed by atoms with Gasteiger partial charge in [-0.3, -0.25) is 4.18 Å². The topological polar surface area (TPSA) is 55.4 Å². The molecule has 0 spiro atoms. The van der Waals surface area contributed by atoms with Crippen molar-refractivity contribution in [3.05, 3.63) is 66.2 Å². The predicted octanol–water partition coefficient (Wildman–Crippen LogP) is 5.13. The van der Waals surface area contributed by atoms with E-state index in [0.717, 1.165) is 10.5 Å². The Balaban J connectivity index is 2.16. The van der Waals surface area contributed by atoms with Crippen LogP contribution in [-0.4, -0.2) is 24.9 Å². The van der Waals surface area contributed by atoms with Crippen LogP contribution >= 0.6 is 46.6 Å². The van der Waals surface area contributed by atoms with Crippen molar-refractivity contribution in [3.8, 4) is 0 Å². The Morgan fingerprint density at radius 1 is 1.04 bits per heavy atom. The van der Waals surface area contributed by atoms with Crippen LogP contribution in [0.5, 0.6) is 0 Å². The average molecular weight is 455 g/mol. The van der Waals surface area contributed by atoms with Crippen LogP contribution in [0.4, 0.5) is 0 Å². The Bertz CT molecular complexity index is 784. The average Bonchev–Trinajstić information content (AvgIpc) is 2.59. The Morgan fingerprint density at radius 3 is 2.12 bits per heavy atom. The third-order valence-electron chi connectivity index (χ3n) is 3.30. The molecule has 0 bridgehead atoms. The Kier molecular flexibility index (Phi) is 8.09. The van der Waals surface area contributed by atoms with Gasteiger partial charge in [-0.1, -0.05) is 83.3 Å². The van der Waals surface area contributed by atoms with Crippen molar-refractivity contribution in [1.82, 2.24) is 4.72 Å². The molecule has 0 amide bonds. The first-order valence-electron chi connectivity index (χ1n) is 7.66. The highest BCUT2D eigenvalue weighted by Gasteiger charge is 2.28. The van der Waals surface area contributed by atoms with Gasteiger partial charge in [0.25, 0.3) is 0 Å². The smallest absolute Gasteiger partial charge is 0.254 e. The van der Waals surface area contributed by atoms with Crippen LogP contribution in [0.1, 0.15) is 17.7 Å². The van der Waals surface area contributed by atoms with Crippen LogP contribution in [0.25, 0.3) is 0 Å². The molecule has 2 atom stereocenters. The molecule has 0 radical (unpaired) electrons. The minimum absolute atomic E-state index is 0.176. The molecule has 2 unspecified atom stereocenters. The summed E-state index contributed by atoms with van der Waals surface area (Å²) >= 11 is 18.2. The summed E-state index contributed by atoms with van der Waals surface area (Å²) in [5, 5.41) is -0.176. The van der Waals surface area contributed by atoms with Crippen molar-refractivity contribution in [2.45, 2.75) is 26.9 Å². The molecule has 0 aromatic heterocycles. The molecule has 2 rings (SSSR count). The zero-order valence-electron chi connectivity index (χ0n) is 13.8. The lowest BCUT2D eigenvalue weighted by atomic mass is 10.1. The first-order valence-corrected chi connectivity index (χ1v) is 11.1. The van der Waals surface area contributed by atoms with Gasteiger partial charge in [0.2, 0.25) is 3.79 Å². The number of hydrogen-bond acceptors (Lipinski definition) is 4. The fraction of sp³-hybridized carbons (Fsp3) is 0.294. The van der Waals surface area contributed by atoms with Crippen molar-refractivity contribution in [1.29, 1.82) is 0 Å². The predicted molar refractivity (Wildman–Crippen MR) is 109 cm³/mol. The van der Waals surface area contributed by atoms with Gasteiger partial charge in [-0.25, -0.2) is 0 Å². The van der Waals surface area contributed by atoms with Crippen molar-refractivity contribution in [2.75, 3.05) is 6.61 Å². The van der Waals surface area contributed by atoms with E-state index < -0.39 is 26.7 Å². The number of nitrogens with one attached hydrogen (secondary N) is 1. The number of alkyl halides is 3. The van der Waals surface area contributed by atoms with E-state index in [2.05, 4.69) is 4.72 Å². The Hall–Kier alpha value is -0.470. The number of thioether (sulfide) groups is 1. The summed E-state index contributed by atoms with van der Waals surface area (Å²) in [7, 11) is -4.08. The van der Waals surface area contributed by atoms with Gasteiger partial charge < -0.3 is 0 Å². The fourth-order valence-electron chi connectivity index (χ4n) is 2.22. The monoisotopic (exact) mass is 453 g/mol. The molecular formula is C17H18Cl3NO3S2. The lowest BCUT2D eigenvalue weighted by Crippen LogP contribution is -2.38. The molecule has 0 saturated heterocycles. The molecule has 0 saturated carbocycles. The number of rotatable bonds is 8. The zero-order valence-corrected chi connectivity index (χ0v) is 17.7. The minimum Gasteiger partial charge on any atom is -0.254 e.